The third kappa shape index (κ3) is 5.15. The van der Waals surface area contributed by atoms with Crippen LogP contribution < -0.4 is 14.8 Å². The molecule has 0 bridgehead atoms. The van der Waals surface area contributed by atoms with E-state index in [9.17, 15) is 4.79 Å². The maximum atomic E-state index is 12.4. The Morgan fingerprint density at radius 1 is 1.31 bits per heavy atom. The Morgan fingerprint density at radius 3 is 2.76 bits per heavy atom. The number of rotatable bonds is 5. The molecule has 1 fully saturated rings. The summed E-state index contributed by atoms with van der Waals surface area (Å²) in [5.41, 5.74) is 2.40. The molecule has 2 aromatic carbocycles. The van der Waals surface area contributed by atoms with Crippen LogP contribution >= 0.6 is 39.3 Å². The number of amides is 1. The molecular formula is C21H20BrClN2O3S. The van der Waals surface area contributed by atoms with Crippen LogP contribution in [0.2, 0.25) is 5.02 Å². The largest absolute Gasteiger partial charge is 0.493 e. The van der Waals surface area contributed by atoms with Crippen molar-refractivity contribution in [1.29, 1.82) is 0 Å². The number of halogens is 2. The van der Waals surface area contributed by atoms with Crippen LogP contribution in [0.15, 0.2) is 44.7 Å². The van der Waals surface area contributed by atoms with Crippen molar-refractivity contribution in [3.8, 4) is 11.5 Å². The third-order valence-corrected chi connectivity index (χ3v) is 5.92. The summed E-state index contributed by atoms with van der Waals surface area (Å²) in [5, 5.41) is 3.94. The highest BCUT2D eigenvalue weighted by Crippen LogP contribution is 2.39. The van der Waals surface area contributed by atoms with Gasteiger partial charge in [0.1, 0.15) is 0 Å². The van der Waals surface area contributed by atoms with E-state index in [1.54, 1.807) is 13.2 Å². The van der Waals surface area contributed by atoms with Gasteiger partial charge in [0.05, 0.1) is 28.3 Å². The second-order valence-electron chi connectivity index (χ2n) is 6.57. The van der Waals surface area contributed by atoms with Crippen LogP contribution in [0.4, 0.5) is 5.69 Å². The van der Waals surface area contributed by atoms with Crippen molar-refractivity contribution in [3.63, 3.8) is 0 Å². The monoisotopic (exact) mass is 494 g/mol. The third-order valence-electron chi connectivity index (χ3n) is 4.02. The predicted molar refractivity (Wildman–Crippen MR) is 123 cm³/mol. The Kier molecular flexibility index (Phi) is 6.93. The van der Waals surface area contributed by atoms with Gasteiger partial charge in [-0.1, -0.05) is 17.7 Å². The average Bonchev–Trinajstić information content (AvgIpc) is 2.99. The van der Waals surface area contributed by atoms with Crippen LogP contribution in [0.1, 0.15) is 25.0 Å². The molecule has 5 nitrogen and oxygen atoms in total. The van der Waals surface area contributed by atoms with Gasteiger partial charge in [-0.25, -0.2) is 4.99 Å². The summed E-state index contributed by atoms with van der Waals surface area (Å²) in [4.78, 5) is 17.5. The van der Waals surface area contributed by atoms with Gasteiger partial charge in [0.2, 0.25) is 0 Å². The number of ether oxygens (including phenoxy) is 2. The highest BCUT2D eigenvalue weighted by Gasteiger charge is 2.24. The maximum absolute atomic E-state index is 12.4. The molecule has 0 unspecified atom stereocenters. The van der Waals surface area contributed by atoms with Gasteiger partial charge in [0.15, 0.2) is 16.7 Å². The number of amidine groups is 1. The van der Waals surface area contributed by atoms with Crippen LogP contribution in [-0.2, 0) is 4.79 Å². The number of nitrogens with zero attached hydrogens (tertiary/aromatic N) is 1. The van der Waals surface area contributed by atoms with Crippen molar-refractivity contribution in [3.05, 3.63) is 55.9 Å². The lowest BCUT2D eigenvalue weighted by Gasteiger charge is -2.16. The van der Waals surface area contributed by atoms with Crippen molar-refractivity contribution < 1.29 is 14.3 Å². The minimum Gasteiger partial charge on any atom is -0.493 e. The summed E-state index contributed by atoms with van der Waals surface area (Å²) in [5.74, 6) is 1.02. The van der Waals surface area contributed by atoms with Crippen molar-refractivity contribution in [2.45, 2.75) is 26.9 Å². The number of carbonyl (C=O) groups is 1. The molecule has 2 aromatic rings. The van der Waals surface area contributed by atoms with E-state index in [4.69, 9.17) is 21.1 Å². The zero-order valence-electron chi connectivity index (χ0n) is 16.4. The second kappa shape index (κ2) is 9.24. The molecule has 152 valence electrons. The lowest BCUT2D eigenvalue weighted by molar-refractivity contribution is -0.115. The molecule has 1 N–H and O–H groups in total. The predicted octanol–water partition coefficient (Wildman–Crippen LogP) is 6.10. The quantitative estimate of drug-likeness (QED) is 0.509. The molecule has 0 radical (unpaired) electrons. The number of hydrogen-bond donors (Lipinski definition) is 1. The van der Waals surface area contributed by atoms with E-state index in [2.05, 4.69) is 26.2 Å². The number of carbonyl (C=O) groups excluding carboxylic acids is 1. The van der Waals surface area contributed by atoms with E-state index in [0.717, 1.165) is 21.3 Å². The molecule has 0 saturated carbocycles. The van der Waals surface area contributed by atoms with Crippen molar-refractivity contribution in [2.75, 3.05) is 7.11 Å². The fourth-order valence-electron chi connectivity index (χ4n) is 2.63. The molecule has 0 atom stereocenters. The minimum atomic E-state index is -0.203. The van der Waals surface area contributed by atoms with E-state index in [-0.39, 0.29) is 12.0 Å². The number of aliphatic imine (C=N–C) groups is 1. The van der Waals surface area contributed by atoms with Gasteiger partial charge in [-0.15, -0.1) is 0 Å². The summed E-state index contributed by atoms with van der Waals surface area (Å²) in [6.45, 7) is 5.79. The number of nitrogens with one attached hydrogen (secondary N) is 1. The fraction of sp³-hybridized carbons (Fsp3) is 0.238. The number of benzene rings is 2. The maximum Gasteiger partial charge on any atom is 0.264 e. The van der Waals surface area contributed by atoms with Gasteiger partial charge < -0.3 is 14.8 Å². The highest BCUT2D eigenvalue weighted by molar-refractivity contribution is 9.10. The lowest BCUT2D eigenvalue weighted by atomic mass is 10.2. The Balaban J connectivity index is 1.89. The fourth-order valence-corrected chi connectivity index (χ4v) is 4.19. The summed E-state index contributed by atoms with van der Waals surface area (Å²) in [6, 6.07) is 9.22. The van der Waals surface area contributed by atoms with Gasteiger partial charge in [0, 0.05) is 5.02 Å². The number of hydrogen-bond acceptors (Lipinski definition) is 5. The number of thioether (sulfide) groups is 1. The van der Waals surface area contributed by atoms with Gasteiger partial charge in [0.25, 0.3) is 5.91 Å². The first-order valence-corrected chi connectivity index (χ1v) is 10.9. The zero-order valence-corrected chi connectivity index (χ0v) is 19.5. The molecule has 0 aromatic heterocycles. The van der Waals surface area contributed by atoms with Gasteiger partial charge in [-0.05, 0) is 89.9 Å². The highest BCUT2D eigenvalue weighted by atomic mass is 79.9. The Labute approximate surface area is 187 Å². The zero-order chi connectivity index (χ0) is 21.1. The van der Waals surface area contributed by atoms with Gasteiger partial charge in [-0.3, -0.25) is 4.79 Å². The van der Waals surface area contributed by atoms with Crippen LogP contribution in [0.5, 0.6) is 11.5 Å². The molecule has 1 aliphatic rings. The molecule has 8 heteroatoms. The van der Waals surface area contributed by atoms with Crippen molar-refractivity contribution in [1.82, 2.24) is 5.32 Å². The van der Waals surface area contributed by atoms with E-state index >= 15 is 0 Å². The normalized spacial score (nSPS) is 16.6. The van der Waals surface area contributed by atoms with Crippen LogP contribution in [-0.4, -0.2) is 24.3 Å². The summed E-state index contributed by atoms with van der Waals surface area (Å²) < 4.78 is 12.0. The summed E-state index contributed by atoms with van der Waals surface area (Å²) in [6.07, 6.45) is 1.80. The molecule has 29 heavy (non-hydrogen) atoms. The summed E-state index contributed by atoms with van der Waals surface area (Å²) >= 11 is 11.0. The minimum absolute atomic E-state index is 0.00860. The molecule has 1 aliphatic heterocycles. The van der Waals surface area contributed by atoms with E-state index < -0.39 is 0 Å². The van der Waals surface area contributed by atoms with E-state index in [1.807, 2.05) is 51.1 Å². The van der Waals surface area contributed by atoms with Crippen molar-refractivity contribution >= 4 is 62.1 Å². The molecule has 0 aliphatic carbocycles. The smallest absolute Gasteiger partial charge is 0.264 e. The van der Waals surface area contributed by atoms with Crippen molar-refractivity contribution in [2.24, 2.45) is 4.99 Å². The Bertz CT molecular complexity index is 1020. The molecular weight excluding hydrogens is 476 g/mol. The molecule has 3 rings (SSSR count). The van der Waals surface area contributed by atoms with E-state index in [1.165, 1.54) is 11.8 Å². The first kappa shape index (κ1) is 21.7. The molecule has 1 heterocycles. The van der Waals surface area contributed by atoms with Gasteiger partial charge in [-0.2, -0.15) is 0 Å². The number of methoxy groups -OCH3 is 1. The summed E-state index contributed by atoms with van der Waals surface area (Å²) in [7, 11) is 1.58. The van der Waals surface area contributed by atoms with Crippen LogP contribution in [0.3, 0.4) is 0 Å². The first-order valence-electron chi connectivity index (χ1n) is 8.87. The average molecular weight is 496 g/mol. The molecule has 1 amide bonds. The lowest BCUT2D eigenvalue weighted by Crippen LogP contribution is -2.19. The SMILES string of the molecule is COc1cc(/C=C2/SC(=Nc3cccc(Cl)c3C)NC2=O)cc(Br)c1OC(C)C. The first-order chi connectivity index (χ1) is 13.8. The molecule has 1 saturated heterocycles. The standard InChI is InChI=1S/C21H20BrClN2O3S/c1-11(2)28-19-14(22)8-13(9-17(19)27-4)10-18-20(26)25-21(29-18)24-16-7-5-6-15(23)12(16)3/h5-11H,1-4H3,(H,24,25,26)/b18-10+. The van der Waals surface area contributed by atoms with Gasteiger partial charge >= 0.3 is 0 Å². The Morgan fingerprint density at radius 2 is 2.07 bits per heavy atom. The van der Waals surface area contributed by atoms with Crippen LogP contribution in [0.25, 0.3) is 6.08 Å². The van der Waals surface area contributed by atoms with Crippen LogP contribution in [0, 0.1) is 6.92 Å². The topological polar surface area (TPSA) is 59.9 Å². The Hall–Kier alpha value is -1.96. The second-order valence-corrected chi connectivity index (χ2v) is 8.86. The molecule has 0 spiro atoms. The van der Waals surface area contributed by atoms with E-state index in [0.29, 0.717) is 26.6 Å².